The van der Waals surface area contributed by atoms with Gasteiger partial charge < -0.3 is 9.64 Å². The standard InChI is InChI=1S/C14H15FN2O4/c1-2-17(11-7-12(18)16-14(11)20)13(19)8-21-10-5-3-9(15)4-6-10/h3-6,11H,2,7-8H2,1H3,(H,16,18,20)/t11-/m0/s1. The van der Waals surface area contributed by atoms with Gasteiger partial charge in [-0.3, -0.25) is 19.7 Å². The van der Waals surface area contributed by atoms with Crippen molar-refractivity contribution < 1.29 is 23.5 Å². The molecule has 1 aliphatic heterocycles. The number of halogens is 1. The summed E-state index contributed by atoms with van der Waals surface area (Å²) in [6, 6.07) is 4.47. The fourth-order valence-corrected chi connectivity index (χ4v) is 2.12. The van der Waals surface area contributed by atoms with Crippen LogP contribution in [0.25, 0.3) is 0 Å². The van der Waals surface area contributed by atoms with Gasteiger partial charge in [-0.15, -0.1) is 0 Å². The molecule has 0 bridgehead atoms. The molecular weight excluding hydrogens is 279 g/mol. The highest BCUT2D eigenvalue weighted by Gasteiger charge is 2.37. The third kappa shape index (κ3) is 3.56. The molecule has 0 aromatic heterocycles. The van der Waals surface area contributed by atoms with Crippen LogP contribution in [0.15, 0.2) is 24.3 Å². The van der Waals surface area contributed by atoms with Crippen LogP contribution in [0.5, 0.6) is 5.75 Å². The zero-order chi connectivity index (χ0) is 15.4. The van der Waals surface area contributed by atoms with Gasteiger partial charge in [-0.1, -0.05) is 0 Å². The number of rotatable bonds is 5. The molecule has 0 aliphatic carbocycles. The topological polar surface area (TPSA) is 75.7 Å². The SMILES string of the molecule is CCN(C(=O)COc1ccc(F)cc1)[C@H]1CC(=O)NC1=O. The predicted octanol–water partition coefficient (Wildman–Crippen LogP) is 0.468. The van der Waals surface area contributed by atoms with Crippen molar-refractivity contribution in [3.63, 3.8) is 0 Å². The summed E-state index contributed by atoms with van der Waals surface area (Å²) in [4.78, 5) is 36.2. The Morgan fingerprint density at radius 1 is 1.38 bits per heavy atom. The van der Waals surface area contributed by atoms with Gasteiger partial charge in [0.1, 0.15) is 17.6 Å². The zero-order valence-electron chi connectivity index (χ0n) is 11.5. The highest BCUT2D eigenvalue weighted by molar-refractivity contribution is 6.06. The molecule has 3 amide bonds. The van der Waals surface area contributed by atoms with Crippen LogP contribution in [0.2, 0.25) is 0 Å². The van der Waals surface area contributed by atoms with Crippen molar-refractivity contribution in [2.45, 2.75) is 19.4 Å². The van der Waals surface area contributed by atoms with Crippen molar-refractivity contribution in [3.05, 3.63) is 30.1 Å². The molecule has 1 heterocycles. The van der Waals surface area contributed by atoms with E-state index in [2.05, 4.69) is 5.32 Å². The van der Waals surface area contributed by atoms with Crippen LogP contribution in [-0.2, 0) is 14.4 Å². The first-order valence-corrected chi connectivity index (χ1v) is 6.52. The van der Waals surface area contributed by atoms with Crippen molar-refractivity contribution in [1.82, 2.24) is 10.2 Å². The van der Waals surface area contributed by atoms with Crippen LogP contribution in [0.3, 0.4) is 0 Å². The van der Waals surface area contributed by atoms with Gasteiger partial charge in [0.2, 0.25) is 11.8 Å². The van der Waals surface area contributed by atoms with Crippen LogP contribution in [-0.4, -0.2) is 41.8 Å². The minimum absolute atomic E-state index is 0.0328. The lowest BCUT2D eigenvalue weighted by Crippen LogP contribution is -2.46. The first kappa shape index (κ1) is 15.0. The maximum absolute atomic E-state index is 12.7. The number of carbonyl (C=O) groups excluding carboxylic acids is 3. The zero-order valence-corrected chi connectivity index (χ0v) is 11.5. The second kappa shape index (κ2) is 6.34. The first-order valence-electron chi connectivity index (χ1n) is 6.52. The summed E-state index contributed by atoms with van der Waals surface area (Å²) >= 11 is 0. The number of amides is 3. The van der Waals surface area contributed by atoms with Crippen LogP contribution in [0, 0.1) is 5.82 Å². The molecule has 1 aliphatic rings. The number of hydrogen-bond acceptors (Lipinski definition) is 4. The van der Waals surface area contributed by atoms with Gasteiger partial charge in [-0.25, -0.2) is 4.39 Å². The molecule has 21 heavy (non-hydrogen) atoms. The van der Waals surface area contributed by atoms with Crippen molar-refractivity contribution >= 4 is 17.7 Å². The van der Waals surface area contributed by atoms with E-state index in [1.807, 2.05) is 0 Å². The summed E-state index contributed by atoms with van der Waals surface area (Å²) in [5.74, 6) is -1.32. The minimum Gasteiger partial charge on any atom is -0.484 e. The number of likely N-dealkylation sites (N-methyl/N-ethyl adjacent to an activating group) is 1. The Balaban J connectivity index is 1.95. The van der Waals surface area contributed by atoms with E-state index in [9.17, 15) is 18.8 Å². The Bertz CT molecular complexity index is 559. The van der Waals surface area contributed by atoms with Crippen LogP contribution in [0.1, 0.15) is 13.3 Å². The van der Waals surface area contributed by atoms with E-state index in [-0.39, 0.29) is 19.6 Å². The third-order valence-electron chi connectivity index (χ3n) is 3.16. The molecule has 0 spiro atoms. The summed E-state index contributed by atoms with van der Waals surface area (Å²) in [7, 11) is 0. The quantitative estimate of drug-likeness (QED) is 0.801. The fraction of sp³-hybridized carbons (Fsp3) is 0.357. The van der Waals surface area contributed by atoms with Gasteiger partial charge >= 0.3 is 0 Å². The van der Waals surface area contributed by atoms with Gasteiger partial charge in [0, 0.05) is 6.54 Å². The summed E-state index contributed by atoms with van der Waals surface area (Å²) in [6.45, 7) is 1.72. The number of nitrogens with one attached hydrogen (secondary N) is 1. The van der Waals surface area contributed by atoms with Gasteiger partial charge in [0.15, 0.2) is 6.61 Å². The highest BCUT2D eigenvalue weighted by atomic mass is 19.1. The molecule has 1 fully saturated rings. The minimum atomic E-state index is -0.785. The molecule has 0 saturated carbocycles. The monoisotopic (exact) mass is 294 g/mol. The molecular formula is C14H15FN2O4. The average Bonchev–Trinajstić information content (AvgIpc) is 2.78. The van der Waals surface area contributed by atoms with E-state index in [0.717, 1.165) is 0 Å². The number of ether oxygens (including phenoxy) is 1. The second-order valence-corrected chi connectivity index (χ2v) is 4.55. The van der Waals surface area contributed by atoms with Crippen LogP contribution < -0.4 is 10.1 Å². The van der Waals surface area contributed by atoms with E-state index in [0.29, 0.717) is 5.75 Å². The molecule has 1 aromatic rings. The fourth-order valence-electron chi connectivity index (χ4n) is 2.12. The Morgan fingerprint density at radius 2 is 2.05 bits per heavy atom. The van der Waals surface area contributed by atoms with Gasteiger partial charge in [0.05, 0.1) is 6.42 Å². The summed E-state index contributed by atoms with van der Waals surface area (Å²) in [6.07, 6.45) is -0.0328. The molecule has 2 rings (SSSR count). The lowest BCUT2D eigenvalue weighted by Gasteiger charge is -2.25. The van der Waals surface area contributed by atoms with E-state index in [1.165, 1.54) is 29.2 Å². The van der Waals surface area contributed by atoms with Crippen molar-refractivity contribution in [2.75, 3.05) is 13.2 Å². The molecule has 0 unspecified atom stereocenters. The maximum atomic E-state index is 12.7. The first-order chi connectivity index (χ1) is 10.0. The smallest absolute Gasteiger partial charge is 0.261 e. The predicted molar refractivity (Wildman–Crippen MR) is 70.8 cm³/mol. The Morgan fingerprint density at radius 3 is 2.57 bits per heavy atom. The van der Waals surface area contributed by atoms with Gasteiger partial charge in [-0.05, 0) is 31.2 Å². The van der Waals surface area contributed by atoms with Crippen molar-refractivity contribution in [2.24, 2.45) is 0 Å². The van der Waals surface area contributed by atoms with E-state index < -0.39 is 29.6 Å². The normalized spacial score (nSPS) is 17.5. The highest BCUT2D eigenvalue weighted by Crippen LogP contribution is 2.14. The number of nitrogens with zero attached hydrogens (tertiary/aromatic N) is 1. The molecule has 112 valence electrons. The molecule has 1 saturated heterocycles. The number of hydrogen-bond donors (Lipinski definition) is 1. The lowest BCUT2D eigenvalue weighted by molar-refractivity contribution is -0.140. The number of carbonyl (C=O) groups is 3. The summed E-state index contributed by atoms with van der Waals surface area (Å²) in [5, 5.41) is 2.16. The molecule has 1 atom stereocenters. The summed E-state index contributed by atoms with van der Waals surface area (Å²) < 4.78 is 18.0. The largest absolute Gasteiger partial charge is 0.484 e. The Kier molecular flexibility index (Phi) is 4.52. The van der Waals surface area contributed by atoms with Gasteiger partial charge in [0.25, 0.3) is 5.91 Å². The van der Waals surface area contributed by atoms with E-state index in [4.69, 9.17) is 4.74 Å². The van der Waals surface area contributed by atoms with E-state index in [1.54, 1.807) is 6.92 Å². The summed E-state index contributed by atoms with van der Waals surface area (Å²) in [5.41, 5.74) is 0. The average molecular weight is 294 g/mol. The molecule has 1 aromatic carbocycles. The van der Waals surface area contributed by atoms with Crippen molar-refractivity contribution in [3.8, 4) is 5.75 Å². The molecule has 6 nitrogen and oxygen atoms in total. The lowest BCUT2D eigenvalue weighted by atomic mass is 10.2. The molecule has 7 heteroatoms. The van der Waals surface area contributed by atoms with Crippen LogP contribution >= 0.6 is 0 Å². The molecule has 1 N–H and O–H groups in total. The van der Waals surface area contributed by atoms with Crippen LogP contribution in [0.4, 0.5) is 4.39 Å². The van der Waals surface area contributed by atoms with Gasteiger partial charge in [-0.2, -0.15) is 0 Å². The van der Waals surface area contributed by atoms with E-state index >= 15 is 0 Å². The third-order valence-corrected chi connectivity index (χ3v) is 3.16. The Labute approximate surface area is 120 Å². The Hall–Kier alpha value is -2.44. The second-order valence-electron chi connectivity index (χ2n) is 4.55. The maximum Gasteiger partial charge on any atom is 0.261 e. The molecule has 0 radical (unpaired) electrons. The van der Waals surface area contributed by atoms with Crippen molar-refractivity contribution in [1.29, 1.82) is 0 Å². The number of benzene rings is 1. The number of imide groups is 1.